The van der Waals surface area contributed by atoms with Crippen LogP contribution in [0.15, 0.2) is 16.7 Å². The molecule has 106 valence electrons. The van der Waals surface area contributed by atoms with Gasteiger partial charge in [0.1, 0.15) is 0 Å². The third-order valence-electron chi connectivity index (χ3n) is 4.56. The van der Waals surface area contributed by atoms with E-state index in [4.69, 9.17) is 4.52 Å². The monoisotopic (exact) mass is 273 g/mol. The number of carbonyl (C=O) groups excluding carboxylic acids is 1. The minimum Gasteiger partial charge on any atom is -0.341 e. The van der Waals surface area contributed by atoms with Crippen molar-refractivity contribution in [2.75, 3.05) is 13.1 Å². The van der Waals surface area contributed by atoms with Crippen LogP contribution in [0.3, 0.4) is 0 Å². The molecule has 2 aliphatic carbocycles. The first-order chi connectivity index (χ1) is 9.81. The van der Waals surface area contributed by atoms with Crippen LogP contribution in [-0.2, 0) is 4.79 Å². The van der Waals surface area contributed by atoms with Crippen molar-refractivity contribution in [2.24, 2.45) is 5.92 Å². The third kappa shape index (κ3) is 2.15. The van der Waals surface area contributed by atoms with E-state index in [1.807, 2.05) is 4.90 Å². The van der Waals surface area contributed by atoms with Gasteiger partial charge in [0.2, 0.25) is 11.8 Å². The summed E-state index contributed by atoms with van der Waals surface area (Å²) in [6.45, 7) is 1.48. The number of nitrogens with zero attached hydrogens (tertiary/aromatic N) is 3. The Labute approximate surface area is 118 Å². The maximum absolute atomic E-state index is 12.3. The summed E-state index contributed by atoms with van der Waals surface area (Å²) >= 11 is 0. The van der Waals surface area contributed by atoms with E-state index < -0.39 is 0 Å². The third-order valence-corrected chi connectivity index (χ3v) is 4.56. The van der Waals surface area contributed by atoms with Gasteiger partial charge in [-0.25, -0.2) is 0 Å². The fraction of sp³-hybridized carbons (Fsp3) is 0.667. The van der Waals surface area contributed by atoms with E-state index in [1.165, 1.54) is 12.8 Å². The molecular formula is C15H19N3O2. The summed E-state index contributed by atoms with van der Waals surface area (Å²) in [4.78, 5) is 18.7. The van der Waals surface area contributed by atoms with E-state index in [1.54, 1.807) is 0 Å². The summed E-state index contributed by atoms with van der Waals surface area (Å²) in [5.74, 6) is 2.84. The van der Waals surface area contributed by atoms with Crippen LogP contribution in [0.5, 0.6) is 0 Å². The molecule has 1 aliphatic heterocycles. The highest BCUT2D eigenvalue weighted by molar-refractivity contribution is 5.80. The van der Waals surface area contributed by atoms with E-state index in [9.17, 15) is 4.79 Å². The summed E-state index contributed by atoms with van der Waals surface area (Å²) in [5, 5.41) is 4.04. The van der Waals surface area contributed by atoms with Gasteiger partial charge in [-0.15, -0.1) is 0 Å². The zero-order valence-electron chi connectivity index (χ0n) is 11.5. The Morgan fingerprint density at radius 2 is 2.05 bits per heavy atom. The lowest BCUT2D eigenvalue weighted by Gasteiger charge is -2.39. The van der Waals surface area contributed by atoms with Gasteiger partial charge in [0.25, 0.3) is 0 Å². The van der Waals surface area contributed by atoms with Crippen LogP contribution in [0.2, 0.25) is 0 Å². The first-order valence-electron chi connectivity index (χ1n) is 7.58. The Morgan fingerprint density at radius 1 is 1.20 bits per heavy atom. The van der Waals surface area contributed by atoms with Gasteiger partial charge >= 0.3 is 0 Å². The normalized spacial score (nSPS) is 26.6. The molecule has 1 aromatic heterocycles. The Morgan fingerprint density at radius 3 is 2.75 bits per heavy atom. The predicted molar refractivity (Wildman–Crippen MR) is 72.1 cm³/mol. The molecule has 0 aromatic carbocycles. The average molecular weight is 273 g/mol. The van der Waals surface area contributed by atoms with E-state index in [0.29, 0.717) is 11.8 Å². The van der Waals surface area contributed by atoms with Crippen LogP contribution in [0, 0.1) is 5.92 Å². The van der Waals surface area contributed by atoms with Crippen LogP contribution < -0.4 is 0 Å². The molecule has 4 rings (SSSR count). The Balaban J connectivity index is 1.34. The zero-order chi connectivity index (χ0) is 13.5. The van der Waals surface area contributed by atoms with Crippen molar-refractivity contribution >= 4 is 5.91 Å². The molecule has 1 saturated carbocycles. The van der Waals surface area contributed by atoms with Gasteiger partial charge in [-0.3, -0.25) is 4.79 Å². The lowest BCUT2D eigenvalue weighted by molar-refractivity contribution is -0.140. The number of carbonyl (C=O) groups is 1. The molecule has 2 fully saturated rings. The quantitative estimate of drug-likeness (QED) is 0.792. The second-order valence-electron chi connectivity index (χ2n) is 6.19. The Kier molecular flexibility index (Phi) is 2.86. The maximum Gasteiger partial charge on any atom is 0.233 e. The van der Waals surface area contributed by atoms with Gasteiger partial charge in [0.15, 0.2) is 5.82 Å². The largest absolute Gasteiger partial charge is 0.341 e. The van der Waals surface area contributed by atoms with Gasteiger partial charge in [0.05, 0.1) is 5.92 Å². The van der Waals surface area contributed by atoms with Crippen molar-refractivity contribution in [3.8, 4) is 0 Å². The summed E-state index contributed by atoms with van der Waals surface area (Å²) in [6.07, 6.45) is 9.58. The molecule has 1 unspecified atom stereocenters. The van der Waals surface area contributed by atoms with Gasteiger partial charge in [-0.2, -0.15) is 4.98 Å². The van der Waals surface area contributed by atoms with E-state index in [-0.39, 0.29) is 11.8 Å². The summed E-state index contributed by atoms with van der Waals surface area (Å²) in [6, 6.07) is 0. The molecule has 0 bridgehead atoms. The molecule has 3 aliphatic rings. The SMILES string of the molecule is O=C(C1CC=CCC1)N1CC(c2nc(C3CC3)no2)C1. The smallest absolute Gasteiger partial charge is 0.233 e. The molecule has 0 spiro atoms. The number of likely N-dealkylation sites (tertiary alicyclic amines) is 1. The number of allylic oxidation sites excluding steroid dienone is 2. The molecule has 2 heterocycles. The molecular weight excluding hydrogens is 254 g/mol. The number of amides is 1. The Hall–Kier alpha value is -1.65. The highest BCUT2D eigenvalue weighted by atomic mass is 16.5. The van der Waals surface area contributed by atoms with Crippen LogP contribution in [0.25, 0.3) is 0 Å². The molecule has 1 aromatic rings. The van der Waals surface area contributed by atoms with Crippen molar-refractivity contribution in [1.82, 2.24) is 15.0 Å². The van der Waals surface area contributed by atoms with E-state index in [2.05, 4.69) is 22.3 Å². The lowest BCUT2D eigenvalue weighted by atomic mass is 9.90. The zero-order valence-corrected chi connectivity index (χ0v) is 11.5. The summed E-state index contributed by atoms with van der Waals surface area (Å²) in [5.41, 5.74) is 0. The Bertz CT molecular complexity index is 541. The highest BCUT2D eigenvalue weighted by Crippen LogP contribution is 2.39. The van der Waals surface area contributed by atoms with Crippen LogP contribution in [0.1, 0.15) is 55.7 Å². The van der Waals surface area contributed by atoms with Crippen molar-refractivity contribution in [3.05, 3.63) is 23.9 Å². The molecule has 1 saturated heterocycles. The minimum absolute atomic E-state index is 0.186. The standard InChI is InChI=1S/C15H19N3O2/c19-15(11-4-2-1-3-5-11)18-8-12(9-18)14-16-13(17-20-14)10-6-7-10/h1-2,10-12H,3-9H2. The first-order valence-corrected chi connectivity index (χ1v) is 7.58. The molecule has 5 nitrogen and oxygen atoms in total. The molecule has 0 N–H and O–H groups in total. The van der Waals surface area contributed by atoms with Crippen molar-refractivity contribution < 1.29 is 9.32 Å². The van der Waals surface area contributed by atoms with Gasteiger partial charge in [-0.1, -0.05) is 17.3 Å². The number of hydrogen-bond donors (Lipinski definition) is 0. The average Bonchev–Trinajstić information content (AvgIpc) is 3.18. The summed E-state index contributed by atoms with van der Waals surface area (Å²) in [7, 11) is 0. The van der Waals surface area contributed by atoms with Crippen LogP contribution >= 0.6 is 0 Å². The fourth-order valence-corrected chi connectivity index (χ4v) is 3.01. The number of aromatic nitrogens is 2. The molecule has 0 radical (unpaired) electrons. The van der Waals surface area contributed by atoms with Gasteiger partial charge < -0.3 is 9.42 Å². The number of hydrogen-bond acceptors (Lipinski definition) is 4. The van der Waals surface area contributed by atoms with Crippen molar-refractivity contribution in [1.29, 1.82) is 0 Å². The second-order valence-corrected chi connectivity index (χ2v) is 6.19. The lowest BCUT2D eigenvalue weighted by Crippen LogP contribution is -2.50. The molecule has 20 heavy (non-hydrogen) atoms. The first kappa shape index (κ1) is 12.1. The second kappa shape index (κ2) is 4.72. The minimum atomic E-state index is 0.186. The van der Waals surface area contributed by atoms with Crippen LogP contribution in [0.4, 0.5) is 0 Å². The topological polar surface area (TPSA) is 59.2 Å². The molecule has 5 heteroatoms. The summed E-state index contributed by atoms with van der Waals surface area (Å²) < 4.78 is 5.33. The number of rotatable bonds is 3. The maximum atomic E-state index is 12.3. The fourth-order valence-electron chi connectivity index (χ4n) is 3.01. The van der Waals surface area contributed by atoms with Crippen molar-refractivity contribution in [2.45, 2.75) is 43.9 Å². The molecule has 1 amide bonds. The van der Waals surface area contributed by atoms with Crippen molar-refractivity contribution in [3.63, 3.8) is 0 Å². The highest BCUT2D eigenvalue weighted by Gasteiger charge is 2.39. The van der Waals surface area contributed by atoms with E-state index in [0.717, 1.165) is 44.1 Å². The molecule has 1 atom stereocenters. The van der Waals surface area contributed by atoms with Gasteiger partial charge in [0, 0.05) is 24.9 Å². The van der Waals surface area contributed by atoms with E-state index >= 15 is 0 Å². The van der Waals surface area contributed by atoms with Gasteiger partial charge in [-0.05, 0) is 32.1 Å². The predicted octanol–water partition coefficient (Wildman–Crippen LogP) is 2.23. The van der Waals surface area contributed by atoms with Crippen LogP contribution in [-0.4, -0.2) is 34.0 Å².